The Morgan fingerprint density at radius 1 is 1.26 bits per heavy atom. The van der Waals surface area contributed by atoms with E-state index in [-0.39, 0.29) is 5.91 Å². The Morgan fingerprint density at radius 3 is 2.89 bits per heavy atom. The molecule has 1 heterocycles. The first kappa shape index (κ1) is 13.7. The van der Waals surface area contributed by atoms with Gasteiger partial charge in [-0.3, -0.25) is 4.79 Å². The van der Waals surface area contributed by atoms with Gasteiger partial charge in [0.2, 0.25) is 0 Å². The molecule has 0 atom stereocenters. The number of nitrogens with one attached hydrogen (secondary N) is 1. The normalized spacial score (nSPS) is 15.7. The van der Waals surface area contributed by atoms with Crippen LogP contribution in [0.5, 0.6) is 0 Å². The first-order chi connectivity index (χ1) is 9.16. The van der Waals surface area contributed by atoms with E-state index >= 15 is 0 Å². The zero-order valence-electron chi connectivity index (χ0n) is 10.6. The maximum absolute atomic E-state index is 12.4. The molecular weight excluding hydrogens is 262 g/mol. The quantitative estimate of drug-likeness (QED) is 0.866. The minimum absolute atomic E-state index is 0.00983. The molecule has 0 aromatic heterocycles. The van der Waals surface area contributed by atoms with E-state index in [0.29, 0.717) is 11.3 Å². The van der Waals surface area contributed by atoms with Crippen LogP contribution in [0.25, 0.3) is 0 Å². The van der Waals surface area contributed by atoms with Gasteiger partial charge in [0.05, 0.1) is 0 Å². The number of rotatable bonds is 2. The minimum Gasteiger partial charge on any atom is -0.351 e. The van der Waals surface area contributed by atoms with Gasteiger partial charge in [-0.25, -0.2) is 4.79 Å². The molecule has 1 aliphatic rings. The molecule has 5 nitrogen and oxygen atoms in total. The van der Waals surface area contributed by atoms with Crippen LogP contribution in [0, 0.1) is 0 Å². The largest absolute Gasteiger partial charge is 0.351 e. The van der Waals surface area contributed by atoms with Crippen molar-refractivity contribution in [1.29, 1.82) is 0 Å². The number of nitrogens with zero attached hydrogens (tertiary/aromatic N) is 1. The van der Waals surface area contributed by atoms with Crippen molar-refractivity contribution in [2.75, 3.05) is 29.9 Å². The third-order valence-electron chi connectivity index (χ3n) is 2.89. The lowest BCUT2D eigenvalue weighted by atomic mass is 10.1. The van der Waals surface area contributed by atoms with Gasteiger partial charge >= 0.3 is 6.03 Å². The number of benzene rings is 1. The molecule has 0 saturated carbocycles. The number of carbonyl (C=O) groups is 2. The predicted molar refractivity (Wildman–Crippen MR) is 77.5 cm³/mol. The summed E-state index contributed by atoms with van der Waals surface area (Å²) in [7, 11) is 0. The molecule has 1 fully saturated rings. The molecule has 1 saturated heterocycles. The highest BCUT2D eigenvalue weighted by molar-refractivity contribution is 7.99. The van der Waals surface area contributed by atoms with Crippen molar-refractivity contribution in [3.8, 4) is 0 Å². The van der Waals surface area contributed by atoms with Crippen LogP contribution in [0.4, 0.5) is 10.5 Å². The van der Waals surface area contributed by atoms with Crippen molar-refractivity contribution in [1.82, 2.24) is 4.90 Å². The Labute approximate surface area is 116 Å². The lowest BCUT2D eigenvalue weighted by molar-refractivity contribution is 0.0768. The number of nitrogens with two attached hydrogens (primary N) is 1. The van der Waals surface area contributed by atoms with Crippen LogP contribution in [-0.2, 0) is 0 Å². The Kier molecular flexibility index (Phi) is 4.68. The van der Waals surface area contributed by atoms with Gasteiger partial charge in [-0.2, -0.15) is 11.8 Å². The molecule has 6 heteroatoms. The van der Waals surface area contributed by atoms with E-state index < -0.39 is 6.03 Å². The molecule has 19 heavy (non-hydrogen) atoms. The number of primary amides is 1. The number of anilines is 1. The molecular formula is C13H17N3O2S. The third-order valence-corrected chi connectivity index (χ3v) is 3.94. The number of urea groups is 1. The molecule has 2 rings (SSSR count). The highest BCUT2D eigenvalue weighted by atomic mass is 32.2. The fourth-order valence-corrected chi connectivity index (χ4v) is 2.89. The van der Waals surface area contributed by atoms with Crippen molar-refractivity contribution in [2.45, 2.75) is 6.42 Å². The van der Waals surface area contributed by atoms with Gasteiger partial charge in [0, 0.05) is 30.1 Å². The molecule has 3 amide bonds. The second-order valence-electron chi connectivity index (χ2n) is 4.33. The molecule has 0 bridgehead atoms. The zero-order chi connectivity index (χ0) is 13.7. The van der Waals surface area contributed by atoms with Crippen LogP contribution in [-0.4, -0.2) is 41.4 Å². The monoisotopic (exact) mass is 279 g/mol. The number of hydrogen-bond acceptors (Lipinski definition) is 3. The van der Waals surface area contributed by atoms with E-state index in [4.69, 9.17) is 5.73 Å². The fourth-order valence-electron chi connectivity index (χ4n) is 2.00. The summed E-state index contributed by atoms with van der Waals surface area (Å²) in [4.78, 5) is 25.0. The van der Waals surface area contributed by atoms with Crippen molar-refractivity contribution in [2.24, 2.45) is 5.73 Å². The second kappa shape index (κ2) is 6.47. The minimum atomic E-state index is -0.629. The Morgan fingerprint density at radius 2 is 2.11 bits per heavy atom. The summed E-state index contributed by atoms with van der Waals surface area (Å²) in [6.07, 6.45) is 1.02. The second-order valence-corrected chi connectivity index (χ2v) is 5.55. The van der Waals surface area contributed by atoms with Crippen LogP contribution in [0.15, 0.2) is 24.3 Å². The van der Waals surface area contributed by atoms with E-state index in [1.54, 1.807) is 24.3 Å². The zero-order valence-corrected chi connectivity index (χ0v) is 11.4. The molecule has 3 N–H and O–H groups in total. The van der Waals surface area contributed by atoms with E-state index in [9.17, 15) is 9.59 Å². The van der Waals surface area contributed by atoms with E-state index in [1.165, 1.54) is 0 Å². The molecule has 0 radical (unpaired) electrons. The molecule has 1 aromatic rings. The van der Waals surface area contributed by atoms with Gasteiger partial charge in [-0.05, 0) is 30.4 Å². The average Bonchev–Trinajstić information content (AvgIpc) is 2.66. The predicted octanol–water partition coefficient (Wildman–Crippen LogP) is 1.76. The first-order valence-corrected chi connectivity index (χ1v) is 7.36. The molecule has 102 valence electrons. The van der Waals surface area contributed by atoms with Crippen molar-refractivity contribution in [3.05, 3.63) is 29.8 Å². The highest BCUT2D eigenvalue weighted by Gasteiger charge is 2.17. The van der Waals surface area contributed by atoms with Gasteiger partial charge in [-0.15, -0.1) is 0 Å². The number of amides is 3. The molecule has 1 aliphatic heterocycles. The van der Waals surface area contributed by atoms with Gasteiger partial charge in [0.25, 0.3) is 5.91 Å². The molecule has 0 spiro atoms. The van der Waals surface area contributed by atoms with Crippen LogP contribution < -0.4 is 11.1 Å². The van der Waals surface area contributed by atoms with Crippen LogP contribution in [0.2, 0.25) is 0 Å². The van der Waals surface area contributed by atoms with E-state index in [1.807, 2.05) is 16.7 Å². The SMILES string of the molecule is NC(=O)Nc1cccc(C(=O)N2CCCSCC2)c1. The van der Waals surface area contributed by atoms with Gasteiger partial charge in [0.1, 0.15) is 0 Å². The maximum atomic E-state index is 12.4. The summed E-state index contributed by atoms with van der Waals surface area (Å²) in [5.41, 5.74) is 6.19. The van der Waals surface area contributed by atoms with Crippen LogP contribution >= 0.6 is 11.8 Å². The van der Waals surface area contributed by atoms with Gasteiger partial charge in [0.15, 0.2) is 0 Å². The van der Waals surface area contributed by atoms with Gasteiger partial charge in [-0.1, -0.05) is 6.07 Å². The first-order valence-electron chi connectivity index (χ1n) is 6.20. The summed E-state index contributed by atoms with van der Waals surface area (Å²) >= 11 is 1.88. The van der Waals surface area contributed by atoms with E-state index in [0.717, 1.165) is 31.0 Å². The summed E-state index contributed by atoms with van der Waals surface area (Å²) in [5, 5.41) is 2.48. The summed E-state index contributed by atoms with van der Waals surface area (Å²) < 4.78 is 0. The third kappa shape index (κ3) is 3.89. The lowest BCUT2D eigenvalue weighted by Crippen LogP contribution is -2.33. The van der Waals surface area contributed by atoms with Crippen molar-refractivity contribution < 1.29 is 9.59 Å². The fraction of sp³-hybridized carbons (Fsp3) is 0.385. The van der Waals surface area contributed by atoms with Crippen molar-refractivity contribution >= 4 is 29.4 Å². The smallest absolute Gasteiger partial charge is 0.316 e. The Bertz CT molecular complexity index is 471. The lowest BCUT2D eigenvalue weighted by Gasteiger charge is -2.20. The molecule has 1 aromatic carbocycles. The van der Waals surface area contributed by atoms with Crippen molar-refractivity contribution in [3.63, 3.8) is 0 Å². The van der Waals surface area contributed by atoms with Gasteiger partial charge < -0.3 is 16.0 Å². The summed E-state index contributed by atoms with van der Waals surface area (Å²) in [6.45, 7) is 1.57. The number of carbonyl (C=O) groups excluding carboxylic acids is 2. The van der Waals surface area contributed by atoms with Crippen LogP contribution in [0.1, 0.15) is 16.8 Å². The van der Waals surface area contributed by atoms with Crippen LogP contribution in [0.3, 0.4) is 0 Å². The Balaban J connectivity index is 2.11. The molecule has 0 aliphatic carbocycles. The average molecular weight is 279 g/mol. The highest BCUT2D eigenvalue weighted by Crippen LogP contribution is 2.16. The summed E-state index contributed by atoms with van der Waals surface area (Å²) in [6, 6.07) is 6.23. The standard InChI is InChI=1S/C13H17N3O2S/c14-13(18)15-11-4-1-3-10(9-11)12(17)16-5-2-7-19-8-6-16/h1,3-4,9H,2,5-8H2,(H3,14,15,18). The Hall–Kier alpha value is -1.69. The topological polar surface area (TPSA) is 75.4 Å². The maximum Gasteiger partial charge on any atom is 0.316 e. The number of hydrogen-bond donors (Lipinski definition) is 2. The molecule has 0 unspecified atom stereocenters. The van der Waals surface area contributed by atoms with E-state index in [2.05, 4.69) is 5.32 Å². The summed E-state index contributed by atoms with van der Waals surface area (Å²) in [5.74, 6) is 2.09. The number of thioether (sulfide) groups is 1.